The molecular weight excluding hydrogens is 817 g/mol. The largest absolute Gasteiger partial charge is 0.455 e. The Morgan fingerprint density at radius 3 is 1.42 bits per heavy atom. The molecule has 0 atom stereocenters. The van der Waals surface area contributed by atoms with Crippen molar-refractivity contribution in [1.82, 2.24) is 0 Å². The third-order valence-corrected chi connectivity index (χ3v) is 17.0. The molecule has 3 heteroatoms. The maximum Gasteiger partial charge on any atom is 0.143 e. The number of rotatable bonds is 4. The summed E-state index contributed by atoms with van der Waals surface area (Å²) in [4.78, 5) is 0. The van der Waals surface area contributed by atoms with Gasteiger partial charge in [-0.2, -0.15) is 0 Å². The molecule has 12 aromatic rings. The van der Waals surface area contributed by atoms with E-state index in [4.69, 9.17) is 13.3 Å². The third-order valence-electron chi connectivity index (χ3n) is 17.0. The van der Waals surface area contributed by atoms with Gasteiger partial charge in [-0.1, -0.05) is 133 Å². The number of hydrogen-bond acceptors (Lipinski definition) is 3. The van der Waals surface area contributed by atoms with Gasteiger partial charge < -0.3 is 13.3 Å². The normalized spacial score (nSPS) is 21.5. The summed E-state index contributed by atoms with van der Waals surface area (Å²) < 4.78 is 20.6. The number of fused-ring (bicyclic) bond motifs is 12. The van der Waals surface area contributed by atoms with Crippen LogP contribution in [0.25, 0.3) is 121 Å². The number of para-hydroxylation sites is 5. The highest BCUT2D eigenvalue weighted by Gasteiger charge is 2.62. The quantitative estimate of drug-likeness (QED) is 0.177. The zero-order chi connectivity index (χ0) is 43.5. The standard InChI is InChI=1S/C64H44O3/c1-5-22-55-47(14-1)53-35-54-50-17-4-8-25-58(50)67-63(54)59(60(53)64(55)43-27-36-26-37(29-43)30-44(64)28-36)39-13-9-12-38(31-39)40-32-41(45-18-10-20-51-48-15-2-6-23-56(48)65-61(45)51)34-42(33-40)46-19-11-21-52-49-16-3-7-24-57(49)66-62(46)52/h1-25,31-37,43-44H,26-30H2. The van der Waals surface area contributed by atoms with E-state index >= 15 is 0 Å². The van der Waals surface area contributed by atoms with E-state index in [1.165, 1.54) is 70.7 Å². The zero-order valence-corrected chi connectivity index (χ0v) is 36.9. The molecule has 0 saturated heterocycles. The molecule has 0 radical (unpaired) electrons. The second-order valence-corrected chi connectivity index (χ2v) is 20.3. The Morgan fingerprint density at radius 1 is 0.328 bits per heavy atom. The van der Waals surface area contributed by atoms with Gasteiger partial charge in [0.25, 0.3) is 0 Å². The van der Waals surface area contributed by atoms with E-state index < -0.39 is 0 Å². The Kier molecular flexibility index (Phi) is 7.24. The first-order valence-electron chi connectivity index (χ1n) is 24.3. The molecule has 67 heavy (non-hydrogen) atoms. The van der Waals surface area contributed by atoms with Gasteiger partial charge in [0.1, 0.15) is 33.5 Å². The van der Waals surface area contributed by atoms with E-state index in [9.17, 15) is 0 Å². The molecular formula is C64H44O3. The molecule has 0 unspecified atom stereocenters. The molecule has 0 amide bonds. The fraction of sp³-hybridized carbons (Fsp3) is 0.156. The summed E-state index contributed by atoms with van der Waals surface area (Å²) in [5, 5.41) is 6.87. The molecule has 3 aromatic heterocycles. The van der Waals surface area contributed by atoms with E-state index in [1.54, 1.807) is 5.56 Å². The monoisotopic (exact) mass is 860 g/mol. The molecule has 4 bridgehead atoms. The Bertz CT molecular complexity index is 3920. The summed E-state index contributed by atoms with van der Waals surface area (Å²) in [6.45, 7) is 0. The second kappa shape index (κ2) is 13.3. The van der Waals surface area contributed by atoms with Crippen LogP contribution in [0.1, 0.15) is 43.2 Å². The van der Waals surface area contributed by atoms with Crippen LogP contribution < -0.4 is 0 Å². The van der Waals surface area contributed by atoms with Gasteiger partial charge in [-0.05, 0) is 154 Å². The molecule has 9 aromatic carbocycles. The first-order chi connectivity index (χ1) is 33.2. The van der Waals surface area contributed by atoms with Crippen molar-refractivity contribution in [1.29, 1.82) is 0 Å². The SMILES string of the molecule is c1cc(-c2cc(-c3cccc4c3oc3ccccc34)cc(-c3cccc4c3oc3ccccc34)c2)cc(-c2c3c(cc4c2oc2ccccc24)-c2ccccc2C32C3CC4CC(C3)CC2C4)c1. The van der Waals surface area contributed by atoms with E-state index in [-0.39, 0.29) is 5.41 Å². The summed E-state index contributed by atoms with van der Waals surface area (Å²) in [6, 6.07) is 66.9. The summed E-state index contributed by atoms with van der Waals surface area (Å²) in [7, 11) is 0. The molecule has 4 saturated carbocycles. The van der Waals surface area contributed by atoms with Crippen molar-refractivity contribution in [3.05, 3.63) is 193 Å². The van der Waals surface area contributed by atoms with Crippen LogP contribution in [-0.2, 0) is 5.41 Å². The van der Waals surface area contributed by atoms with Gasteiger partial charge in [-0.3, -0.25) is 0 Å². The molecule has 318 valence electrons. The number of hydrogen-bond donors (Lipinski definition) is 0. The average molecular weight is 861 g/mol. The second-order valence-electron chi connectivity index (χ2n) is 20.3. The van der Waals surface area contributed by atoms with Gasteiger partial charge in [0, 0.05) is 54.4 Å². The van der Waals surface area contributed by atoms with Crippen molar-refractivity contribution in [2.45, 2.75) is 37.5 Å². The van der Waals surface area contributed by atoms with E-state index in [2.05, 4.69) is 182 Å². The van der Waals surface area contributed by atoms with Crippen molar-refractivity contribution >= 4 is 65.8 Å². The van der Waals surface area contributed by atoms with E-state index in [0.29, 0.717) is 11.8 Å². The van der Waals surface area contributed by atoms with Gasteiger partial charge in [-0.25, -0.2) is 0 Å². The number of benzene rings is 9. The zero-order valence-electron chi connectivity index (χ0n) is 36.9. The molecule has 3 nitrogen and oxygen atoms in total. The summed E-state index contributed by atoms with van der Waals surface area (Å²) in [6.07, 6.45) is 6.72. The van der Waals surface area contributed by atoms with Crippen LogP contribution in [0.3, 0.4) is 0 Å². The molecule has 5 aliphatic carbocycles. The predicted molar refractivity (Wildman–Crippen MR) is 273 cm³/mol. The highest BCUT2D eigenvalue weighted by molar-refractivity contribution is 6.15. The van der Waals surface area contributed by atoms with E-state index in [1.807, 2.05) is 0 Å². The number of furan rings is 3. The van der Waals surface area contributed by atoms with Gasteiger partial charge in [0.15, 0.2) is 0 Å². The Labute approximate surface area is 387 Å². The summed E-state index contributed by atoms with van der Waals surface area (Å²) in [5.74, 6) is 2.94. The lowest BCUT2D eigenvalue weighted by Gasteiger charge is -2.61. The maximum absolute atomic E-state index is 7.16. The third kappa shape index (κ3) is 4.91. The van der Waals surface area contributed by atoms with Crippen molar-refractivity contribution in [3.8, 4) is 55.6 Å². The first kappa shape index (κ1) is 36.6. The van der Waals surface area contributed by atoms with Crippen molar-refractivity contribution in [2.75, 3.05) is 0 Å². The topological polar surface area (TPSA) is 39.4 Å². The Balaban J connectivity index is 0.965. The van der Waals surface area contributed by atoms with Crippen LogP contribution in [0.15, 0.2) is 195 Å². The summed E-state index contributed by atoms with van der Waals surface area (Å²) >= 11 is 0. The van der Waals surface area contributed by atoms with Crippen LogP contribution in [0, 0.1) is 23.7 Å². The van der Waals surface area contributed by atoms with Crippen molar-refractivity contribution < 1.29 is 13.3 Å². The first-order valence-corrected chi connectivity index (χ1v) is 24.3. The van der Waals surface area contributed by atoms with Crippen molar-refractivity contribution in [2.24, 2.45) is 23.7 Å². The smallest absolute Gasteiger partial charge is 0.143 e. The Hall–Kier alpha value is -7.62. The van der Waals surface area contributed by atoms with Crippen LogP contribution in [0.4, 0.5) is 0 Å². The lowest BCUT2D eigenvalue weighted by atomic mass is 9.42. The van der Waals surface area contributed by atoms with Crippen LogP contribution in [0.2, 0.25) is 0 Å². The molecule has 3 heterocycles. The fourth-order valence-corrected chi connectivity index (χ4v) is 14.7. The van der Waals surface area contributed by atoms with Crippen LogP contribution in [0.5, 0.6) is 0 Å². The molecule has 5 aliphatic rings. The van der Waals surface area contributed by atoms with Crippen LogP contribution >= 0.6 is 0 Å². The highest BCUT2D eigenvalue weighted by Crippen LogP contribution is 2.71. The minimum atomic E-state index is -0.0402. The van der Waals surface area contributed by atoms with E-state index in [0.717, 1.165) is 100 Å². The van der Waals surface area contributed by atoms with Gasteiger partial charge in [-0.15, -0.1) is 0 Å². The molecule has 4 fully saturated rings. The minimum Gasteiger partial charge on any atom is -0.455 e. The summed E-state index contributed by atoms with van der Waals surface area (Å²) in [5.41, 5.74) is 20.5. The lowest BCUT2D eigenvalue weighted by Crippen LogP contribution is -2.55. The van der Waals surface area contributed by atoms with Gasteiger partial charge in [0.05, 0.1) is 0 Å². The molecule has 0 N–H and O–H groups in total. The minimum absolute atomic E-state index is 0.0402. The predicted octanol–water partition coefficient (Wildman–Crippen LogP) is 17.8. The highest BCUT2D eigenvalue weighted by atomic mass is 16.3. The van der Waals surface area contributed by atoms with Crippen molar-refractivity contribution in [3.63, 3.8) is 0 Å². The van der Waals surface area contributed by atoms with Crippen LogP contribution in [-0.4, -0.2) is 0 Å². The average Bonchev–Trinajstić information content (AvgIpc) is 4.13. The molecule has 1 spiro atoms. The maximum atomic E-state index is 7.16. The van der Waals surface area contributed by atoms with Gasteiger partial charge >= 0.3 is 0 Å². The molecule has 0 aliphatic heterocycles. The molecule has 17 rings (SSSR count). The fourth-order valence-electron chi connectivity index (χ4n) is 14.7. The lowest BCUT2D eigenvalue weighted by molar-refractivity contribution is -0.0397. The Morgan fingerprint density at radius 2 is 0.791 bits per heavy atom. The van der Waals surface area contributed by atoms with Gasteiger partial charge in [0.2, 0.25) is 0 Å².